The van der Waals surface area contributed by atoms with Gasteiger partial charge in [-0.05, 0) is 89.6 Å². The molecule has 0 aliphatic rings. The Morgan fingerprint density at radius 2 is 1.59 bits per heavy atom. The SMILES string of the molecule is CCOc1ccc(S(=O)(=O)N(CC(=O)N(Cc2ccccc2Cl)[C@@H](C)C(=O)NC(C)(C)C)c2ccc(C)cc2)cc1. The second-order valence-corrected chi connectivity index (χ2v) is 13.0. The van der Waals surface area contributed by atoms with E-state index in [2.05, 4.69) is 5.32 Å². The average Bonchev–Trinajstić information content (AvgIpc) is 2.91. The summed E-state index contributed by atoms with van der Waals surface area (Å²) < 4.78 is 34.5. The molecule has 0 aliphatic carbocycles. The van der Waals surface area contributed by atoms with E-state index in [-0.39, 0.29) is 17.3 Å². The molecular weight excluding hydrogens is 562 g/mol. The average molecular weight is 600 g/mol. The van der Waals surface area contributed by atoms with E-state index in [1.54, 1.807) is 67.6 Å². The summed E-state index contributed by atoms with van der Waals surface area (Å²) in [5.41, 5.74) is 1.36. The molecule has 0 saturated carbocycles. The minimum atomic E-state index is -4.18. The Labute approximate surface area is 248 Å². The number of halogens is 1. The van der Waals surface area contributed by atoms with E-state index >= 15 is 0 Å². The number of anilines is 1. The Morgan fingerprint density at radius 3 is 2.15 bits per heavy atom. The monoisotopic (exact) mass is 599 g/mol. The molecule has 0 aromatic heterocycles. The molecule has 41 heavy (non-hydrogen) atoms. The number of ether oxygens (including phenoxy) is 1. The standard InChI is InChI=1S/C31H38ClN3O5S/c1-7-40-26-16-18-27(19-17-26)41(38,39)35(25-14-12-22(2)13-15-25)21-29(36)34(20-24-10-8-9-11-28(24)32)23(3)30(37)33-31(4,5)6/h8-19,23H,7,20-21H2,1-6H3,(H,33,37)/t23-/m0/s1. The Bertz CT molecular complexity index is 1450. The lowest BCUT2D eigenvalue weighted by Crippen LogP contribution is -2.54. The van der Waals surface area contributed by atoms with Crippen molar-refractivity contribution in [2.75, 3.05) is 17.5 Å². The van der Waals surface area contributed by atoms with Gasteiger partial charge in [-0.25, -0.2) is 8.42 Å². The number of nitrogens with one attached hydrogen (secondary N) is 1. The quantitative estimate of drug-likeness (QED) is 0.311. The van der Waals surface area contributed by atoms with Gasteiger partial charge in [-0.1, -0.05) is 47.5 Å². The van der Waals surface area contributed by atoms with E-state index in [1.807, 2.05) is 34.6 Å². The fraction of sp³-hybridized carbons (Fsp3) is 0.355. The summed E-state index contributed by atoms with van der Waals surface area (Å²) in [6.45, 7) is 10.8. The van der Waals surface area contributed by atoms with Crippen molar-refractivity contribution in [2.45, 2.75) is 64.6 Å². The number of nitrogens with zero attached hydrogens (tertiary/aromatic N) is 2. The van der Waals surface area contributed by atoms with E-state index in [4.69, 9.17) is 16.3 Å². The highest BCUT2D eigenvalue weighted by molar-refractivity contribution is 7.92. The van der Waals surface area contributed by atoms with Gasteiger partial charge in [-0.15, -0.1) is 0 Å². The molecule has 0 unspecified atom stereocenters. The van der Waals surface area contributed by atoms with Gasteiger partial charge >= 0.3 is 0 Å². The van der Waals surface area contributed by atoms with Crippen molar-refractivity contribution in [3.05, 3.63) is 88.9 Å². The van der Waals surface area contributed by atoms with Crippen LogP contribution in [0.2, 0.25) is 5.02 Å². The van der Waals surface area contributed by atoms with Gasteiger partial charge in [0.2, 0.25) is 11.8 Å². The maximum atomic E-state index is 14.0. The molecule has 0 bridgehead atoms. The summed E-state index contributed by atoms with van der Waals surface area (Å²) in [7, 11) is -4.18. The van der Waals surface area contributed by atoms with Crippen molar-refractivity contribution in [1.82, 2.24) is 10.2 Å². The van der Waals surface area contributed by atoms with Crippen LogP contribution < -0.4 is 14.4 Å². The largest absolute Gasteiger partial charge is 0.494 e. The number of rotatable bonds is 11. The minimum Gasteiger partial charge on any atom is -0.494 e. The predicted octanol–water partition coefficient (Wildman–Crippen LogP) is 5.57. The molecule has 3 rings (SSSR count). The maximum Gasteiger partial charge on any atom is 0.264 e. The first kappa shape index (κ1) is 32.0. The first-order chi connectivity index (χ1) is 19.2. The number of hydrogen-bond acceptors (Lipinski definition) is 5. The highest BCUT2D eigenvalue weighted by Crippen LogP contribution is 2.27. The Hall–Kier alpha value is -3.56. The summed E-state index contributed by atoms with van der Waals surface area (Å²) in [5, 5.41) is 3.34. The van der Waals surface area contributed by atoms with Crippen LogP contribution in [0.1, 0.15) is 45.7 Å². The molecular formula is C31H38ClN3O5S. The first-order valence-electron chi connectivity index (χ1n) is 13.4. The van der Waals surface area contributed by atoms with Crippen molar-refractivity contribution in [1.29, 1.82) is 0 Å². The van der Waals surface area contributed by atoms with Crippen molar-refractivity contribution in [2.24, 2.45) is 0 Å². The lowest BCUT2D eigenvalue weighted by atomic mass is 10.1. The smallest absolute Gasteiger partial charge is 0.264 e. The van der Waals surface area contributed by atoms with E-state index in [1.165, 1.54) is 17.0 Å². The van der Waals surface area contributed by atoms with E-state index < -0.39 is 34.1 Å². The number of sulfonamides is 1. The lowest BCUT2D eigenvalue weighted by Gasteiger charge is -2.33. The van der Waals surface area contributed by atoms with Crippen LogP contribution in [-0.4, -0.2) is 49.9 Å². The van der Waals surface area contributed by atoms with Crippen molar-refractivity contribution < 1.29 is 22.7 Å². The molecule has 2 amide bonds. The number of carbonyl (C=O) groups is 2. The molecule has 0 saturated heterocycles. The summed E-state index contributed by atoms with van der Waals surface area (Å²) in [5.74, 6) is -0.389. The molecule has 3 aromatic carbocycles. The molecule has 0 radical (unpaired) electrons. The van der Waals surface area contributed by atoms with Crippen LogP contribution in [0.4, 0.5) is 5.69 Å². The number of benzene rings is 3. The zero-order valence-corrected chi connectivity index (χ0v) is 25.9. The van der Waals surface area contributed by atoms with Crippen LogP contribution >= 0.6 is 11.6 Å². The molecule has 8 nitrogen and oxygen atoms in total. The number of amides is 2. The summed E-state index contributed by atoms with van der Waals surface area (Å²) in [4.78, 5) is 28.6. The molecule has 0 fully saturated rings. The van der Waals surface area contributed by atoms with Gasteiger partial charge in [0.15, 0.2) is 0 Å². The zero-order chi connectivity index (χ0) is 30.4. The van der Waals surface area contributed by atoms with E-state index in [0.717, 1.165) is 9.87 Å². The molecule has 1 N–H and O–H groups in total. The van der Waals surface area contributed by atoms with Gasteiger partial charge in [-0.3, -0.25) is 13.9 Å². The van der Waals surface area contributed by atoms with Crippen LogP contribution in [0.5, 0.6) is 5.75 Å². The Kier molecular flexibility index (Phi) is 10.4. The van der Waals surface area contributed by atoms with Gasteiger partial charge in [-0.2, -0.15) is 0 Å². The van der Waals surface area contributed by atoms with Crippen LogP contribution in [0.3, 0.4) is 0 Å². The van der Waals surface area contributed by atoms with Gasteiger partial charge < -0.3 is 15.0 Å². The lowest BCUT2D eigenvalue weighted by molar-refractivity contribution is -0.140. The van der Waals surface area contributed by atoms with Crippen LogP contribution in [0.15, 0.2) is 77.7 Å². The van der Waals surface area contributed by atoms with Crippen molar-refractivity contribution in [3.8, 4) is 5.75 Å². The fourth-order valence-corrected chi connectivity index (χ4v) is 5.72. The van der Waals surface area contributed by atoms with Gasteiger partial charge in [0.1, 0.15) is 18.3 Å². The molecule has 1 atom stereocenters. The molecule has 0 spiro atoms. The van der Waals surface area contributed by atoms with E-state index in [0.29, 0.717) is 28.6 Å². The zero-order valence-electron chi connectivity index (χ0n) is 24.3. The van der Waals surface area contributed by atoms with Crippen molar-refractivity contribution >= 4 is 39.1 Å². The van der Waals surface area contributed by atoms with Gasteiger partial charge in [0.05, 0.1) is 17.2 Å². The second kappa shape index (κ2) is 13.4. The number of aryl methyl sites for hydroxylation is 1. The molecule has 220 valence electrons. The fourth-order valence-electron chi connectivity index (χ4n) is 4.11. The third-order valence-electron chi connectivity index (χ3n) is 6.29. The molecule has 0 heterocycles. The van der Waals surface area contributed by atoms with Crippen LogP contribution in [-0.2, 0) is 26.2 Å². The molecule has 3 aromatic rings. The number of hydrogen-bond donors (Lipinski definition) is 1. The minimum absolute atomic E-state index is 0.00510. The molecule has 0 aliphatic heterocycles. The van der Waals surface area contributed by atoms with Crippen LogP contribution in [0, 0.1) is 6.92 Å². The first-order valence-corrected chi connectivity index (χ1v) is 15.2. The Balaban J connectivity index is 2.04. The van der Waals surface area contributed by atoms with E-state index in [9.17, 15) is 18.0 Å². The summed E-state index contributed by atoms with van der Waals surface area (Å²) >= 11 is 6.41. The molecule has 10 heteroatoms. The predicted molar refractivity (Wildman–Crippen MR) is 163 cm³/mol. The number of carbonyl (C=O) groups excluding carboxylic acids is 2. The Morgan fingerprint density at radius 1 is 0.976 bits per heavy atom. The third kappa shape index (κ3) is 8.47. The second-order valence-electron chi connectivity index (χ2n) is 10.8. The maximum absolute atomic E-state index is 14.0. The third-order valence-corrected chi connectivity index (χ3v) is 8.44. The van der Waals surface area contributed by atoms with Crippen molar-refractivity contribution in [3.63, 3.8) is 0 Å². The topological polar surface area (TPSA) is 96.0 Å². The highest BCUT2D eigenvalue weighted by Gasteiger charge is 2.33. The highest BCUT2D eigenvalue weighted by atomic mass is 35.5. The summed E-state index contributed by atoms with van der Waals surface area (Å²) in [6.07, 6.45) is 0. The van der Waals surface area contributed by atoms with Gasteiger partial charge in [0.25, 0.3) is 10.0 Å². The van der Waals surface area contributed by atoms with Crippen LogP contribution in [0.25, 0.3) is 0 Å². The van der Waals surface area contributed by atoms with Gasteiger partial charge in [0, 0.05) is 17.1 Å². The normalized spacial score (nSPS) is 12.4. The summed E-state index contributed by atoms with van der Waals surface area (Å²) in [6, 6.07) is 19.1.